The topological polar surface area (TPSA) is 66.0 Å². The lowest BCUT2D eigenvalue weighted by molar-refractivity contribution is -0.112. The fourth-order valence-electron chi connectivity index (χ4n) is 2.36. The Bertz CT molecular complexity index is 1010. The Morgan fingerprint density at radius 1 is 1.12 bits per heavy atom. The minimum atomic E-state index is -0.477. The Morgan fingerprint density at radius 3 is 2.54 bits per heavy atom. The van der Waals surface area contributed by atoms with Crippen LogP contribution in [-0.4, -0.2) is 5.91 Å². The second-order valence-corrected chi connectivity index (χ2v) is 6.53. The summed E-state index contributed by atoms with van der Waals surface area (Å²) in [7, 11) is 0. The number of amides is 1. The van der Waals surface area contributed by atoms with Gasteiger partial charge in [0, 0.05) is 21.8 Å². The third-order valence-electron chi connectivity index (χ3n) is 3.73. The van der Waals surface area contributed by atoms with Gasteiger partial charge in [-0.05, 0) is 37.3 Å². The monoisotopic (exact) mass is 406 g/mol. The van der Waals surface area contributed by atoms with Crippen LogP contribution in [0.3, 0.4) is 0 Å². The van der Waals surface area contributed by atoms with Crippen LogP contribution in [0.25, 0.3) is 17.4 Å². The normalized spacial score (nSPS) is 11.0. The van der Waals surface area contributed by atoms with E-state index in [9.17, 15) is 10.1 Å². The molecule has 5 heteroatoms. The highest BCUT2D eigenvalue weighted by molar-refractivity contribution is 9.10. The van der Waals surface area contributed by atoms with E-state index in [4.69, 9.17) is 4.42 Å². The van der Waals surface area contributed by atoms with Crippen LogP contribution in [-0.2, 0) is 4.79 Å². The van der Waals surface area contributed by atoms with Crippen molar-refractivity contribution in [1.82, 2.24) is 0 Å². The fraction of sp³-hybridized carbons (Fsp3) is 0.0476. The number of hydrogen-bond acceptors (Lipinski definition) is 3. The molecule has 0 fully saturated rings. The van der Waals surface area contributed by atoms with E-state index in [1.807, 2.05) is 49.4 Å². The Labute approximate surface area is 159 Å². The van der Waals surface area contributed by atoms with Crippen molar-refractivity contribution in [2.45, 2.75) is 6.92 Å². The molecule has 128 valence electrons. The number of rotatable bonds is 4. The predicted molar refractivity (Wildman–Crippen MR) is 105 cm³/mol. The number of carbonyl (C=O) groups excluding carboxylic acids is 1. The summed E-state index contributed by atoms with van der Waals surface area (Å²) in [6, 6.07) is 20.5. The van der Waals surface area contributed by atoms with Crippen molar-refractivity contribution in [1.29, 1.82) is 5.26 Å². The molecule has 0 bridgehead atoms. The number of nitrogens with zero attached hydrogens (tertiary/aromatic N) is 1. The van der Waals surface area contributed by atoms with E-state index in [0.29, 0.717) is 17.2 Å². The third-order valence-corrected chi connectivity index (χ3v) is 4.42. The van der Waals surface area contributed by atoms with Crippen molar-refractivity contribution >= 4 is 33.6 Å². The van der Waals surface area contributed by atoms with Crippen LogP contribution < -0.4 is 5.32 Å². The average molecular weight is 407 g/mol. The van der Waals surface area contributed by atoms with Crippen LogP contribution in [0.5, 0.6) is 0 Å². The highest BCUT2D eigenvalue weighted by Gasteiger charge is 2.12. The van der Waals surface area contributed by atoms with Crippen molar-refractivity contribution in [3.63, 3.8) is 0 Å². The van der Waals surface area contributed by atoms with Gasteiger partial charge < -0.3 is 9.73 Å². The number of anilines is 1. The SMILES string of the molecule is Cc1ccc(NC(=O)/C(C#N)=C/c2ccc(-c3ccccc3Br)o2)cc1. The minimum absolute atomic E-state index is 0.0291. The van der Waals surface area contributed by atoms with Gasteiger partial charge in [-0.2, -0.15) is 5.26 Å². The van der Waals surface area contributed by atoms with Gasteiger partial charge in [-0.15, -0.1) is 0 Å². The molecular weight excluding hydrogens is 392 g/mol. The third kappa shape index (κ3) is 4.11. The summed E-state index contributed by atoms with van der Waals surface area (Å²) in [6.07, 6.45) is 1.43. The van der Waals surface area contributed by atoms with E-state index in [1.165, 1.54) is 6.08 Å². The number of carbonyl (C=O) groups is 1. The van der Waals surface area contributed by atoms with Crippen molar-refractivity contribution in [2.24, 2.45) is 0 Å². The average Bonchev–Trinajstić information content (AvgIpc) is 3.10. The maximum atomic E-state index is 12.3. The van der Waals surface area contributed by atoms with Gasteiger partial charge in [-0.1, -0.05) is 51.8 Å². The molecule has 4 nitrogen and oxygen atoms in total. The number of nitriles is 1. The molecule has 0 atom stereocenters. The van der Waals surface area contributed by atoms with E-state index in [2.05, 4.69) is 21.2 Å². The molecular formula is C21H15BrN2O2. The van der Waals surface area contributed by atoms with Crippen molar-refractivity contribution in [3.8, 4) is 17.4 Å². The molecule has 1 amide bonds. The van der Waals surface area contributed by atoms with Gasteiger partial charge in [-0.25, -0.2) is 0 Å². The van der Waals surface area contributed by atoms with E-state index in [1.54, 1.807) is 24.3 Å². The molecule has 1 aromatic heterocycles. The van der Waals surface area contributed by atoms with Crippen molar-refractivity contribution < 1.29 is 9.21 Å². The molecule has 0 aliphatic heterocycles. The molecule has 0 aliphatic carbocycles. The fourth-order valence-corrected chi connectivity index (χ4v) is 2.84. The second kappa shape index (κ2) is 7.85. The zero-order valence-corrected chi connectivity index (χ0v) is 15.6. The lowest BCUT2D eigenvalue weighted by Crippen LogP contribution is -2.13. The molecule has 0 radical (unpaired) electrons. The Kier molecular flexibility index (Phi) is 5.35. The highest BCUT2D eigenvalue weighted by atomic mass is 79.9. The van der Waals surface area contributed by atoms with Gasteiger partial charge in [0.25, 0.3) is 5.91 Å². The summed E-state index contributed by atoms with van der Waals surface area (Å²) in [5.41, 5.74) is 2.60. The van der Waals surface area contributed by atoms with Crippen LogP contribution in [0.2, 0.25) is 0 Å². The number of aryl methyl sites for hydroxylation is 1. The summed E-state index contributed by atoms with van der Waals surface area (Å²) in [5, 5.41) is 12.0. The zero-order chi connectivity index (χ0) is 18.5. The second-order valence-electron chi connectivity index (χ2n) is 5.67. The molecule has 2 aromatic carbocycles. The standard InChI is InChI=1S/C21H15BrN2O2/c1-14-6-8-16(9-7-14)24-21(25)15(13-23)12-17-10-11-20(26-17)18-4-2-3-5-19(18)22/h2-12H,1H3,(H,24,25)/b15-12+. The Morgan fingerprint density at radius 2 is 1.85 bits per heavy atom. The van der Waals surface area contributed by atoms with Gasteiger partial charge in [0.2, 0.25) is 0 Å². The summed E-state index contributed by atoms with van der Waals surface area (Å²) in [4.78, 5) is 12.3. The molecule has 26 heavy (non-hydrogen) atoms. The summed E-state index contributed by atoms with van der Waals surface area (Å²) >= 11 is 3.48. The minimum Gasteiger partial charge on any atom is -0.457 e. The van der Waals surface area contributed by atoms with Gasteiger partial charge >= 0.3 is 0 Å². The molecule has 0 spiro atoms. The largest absolute Gasteiger partial charge is 0.457 e. The summed E-state index contributed by atoms with van der Waals surface area (Å²) in [6.45, 7) is 1.96. The van der Waals surface area contributed by atoms with Crippen LogP contribution in [0.1, 0.15) is 11.3 Å². The molecule has 1 heterocycles. The lowest BCUT2D eigenvalue weighted by atomic mass is 10.2. The van der Waals surface area contributed by atoms with Crippen molar-refractivity contribution in [2.75, 3.05) is 5.32 Å². The highest BCUT2D eigenvalue weighted by Crippen LogP contribution is 2.30. The molecule has 0 aliphatic rings. The maximum absolute atomic E-state index is 12.3. The predicted octanol–water partition coefficient (Wildman–Crippen LogP) is 5.56. The Hall–Kier alpha value is -3.10. The van der Waals surface area contributed by atoms with Crippen LogP contribution >= 0.6 is 15.9 Å². The quantitative estimate of drug-likeness (QED) is 0.455. The van der Waals surface area contributed by atoms with E-state index in [-0.39, 0.29) is 5.57 Å². The van der Waals surface area contributed by atoms with Gasteiger partial charge in [-0.3, -0.25) is 4.79 Å². The molecule has 3 rings (SSSR count). The zero-order valence-electron chi connectivity index (χ0n) is 14.0. The first kappa shape index (κ1) is 17.7. The molecule has 0 unspecified atom stereocenters. The number of halogens is 1. The van der Waals surface area contributed by atoms with Gasteiger partial charge in [0.1, 0.15) is 23.2 Å². The van der Waals surface area contributed by atoms with Crippen molar-refractivity contribution in [3.05, 3.63) is 82.0 Å². The van der Waals surface area contributed by atoms with Crippen LogP contribution in [0, 0.1) is 18.3 Å². The molecule has 1 N–H and O–H groups in total. The van der Waals surface area contributed by atoms with E-state index < -0.39 is 5.91 Å². The van der Waals surface area contributed by atoms with Crippen LogP contribution in [0.15, 0.2) is 75.1 Å². The lowest BCUT2D eigenvalue weighted by Gasteiger charge is -2.04. The summed E-state index contributed by atoms with van der Waals surface area (Å²) < 4.78 is 6.67. The molecule has 0 saturated carbocycles. The van der Waals surface area contributed by atoms with Gasteiger partial charge in [0.15, 0.2) is 0 Å². The van der Waals surface area contributed by atoms with E-state index >= 15 is 0 Å². The van der Waals surface area contributed by atoms with E-state index in [0.717, 1.165) is 15.6 Å². The number of furan rings is 1. The first-order valence-electron chi connectivity index (χ1n) is 7.91. The van der Waals surface area contributed by atoms with Gasteiger partial charge in [0.05, 0.1) is 0 Å². The Balaban J connectivity index is 1.81. The smallest absolute Gasteiger partial charge is 0.266 e. The van der Waals surface area contributed by atoms with Crippen LogP contribution in [0.4, 0.5) is 5.69 Å². The number of nitrogens with one attached hydrogen (secondary N) is 1. The molecule has 0 saturated heterocycles. The maximum Gasteiger partial charge on any atom is 0.266 e. The number of hydrogen-bond donors (Lipinski definition) is 1. The first-order valence-corrected chi connectivity index (χ1v) is 8.70. The number of benzene rings is 2. The summed E-state index contributed by atoms with van der Waals surface area (Å²) in [5.74, 6) is 0.613. The first-order chi connectivity index (χ1) is 12.6. The molecule has 3 aromatic rings.